The van der Waals surface area contributed by atoms with E-state index < -0.39 is 0 Å². The molecule has 0 saturated carbocycles. The van der Waals surface area contributed by atoms with E-state index in [-0.39, 0.29) is 0 Å². The van der Waals surface area contributed by atoms with Crippen LogP contribution in [0.1, 0.15) is 50.8 Å². The largest absolute Gasteiger partial charge is 0.307 e. The summed E-state index contributed by atoms with van der Waals surface area (Å²) in [4.78, 5) is 4.28. The van der Waals surface area contributed by atoms with Gasteiger partial charge in [0.05, 0.1) is 0 Å². The average molecular weight is 218 g/mol. The Bertz CT molecular complexity index is 344. The number of nitrogens with zero attached hydrogens (tertiary/aromatic N) is 1. The number of nitrogens with one attached hydrogen (secondary N) is 1. The van der Waals surface area contributed by atoms with Crippen molar-refractivity contribution >= 4 is 0 Å². The smallest absolute Gasteiger partial charge is 0.0368 e. The Morgan fingerprint density at radius 1 is 1.44 bits per heavy atom. The predicted molar refractivity (Wildman–Crippen MR) is 67.4 cm³/mol. The summed E-state index contributed by atoms with van der Waals surface area (Å²) in [6.45, 7) is 6.84. The lowest BCUT2D eigenvalue weighted by Gasteiger charge is -2.35. The van der Waals surface area contributed by atoms with Crippen LogP contribution >= 0.6 is 0 Å². The van der Waals surface area contributed by atoms with E-state index in [0.29, 0.717) is 12.1 Å². The molecular weight excluding hydrogens is 196 g/mol. The molecule has 1 aliphatic rings. The van der Waals surface area contributed by atoms with Gasteiger partial charge in [0.15, 0.2) is 0 Å². The highest BCUT2D eigenvalue weighted by molar-refractivity contribution is 5.30. The second-order valence-electron chi connectivity index (χ2n) is 4.90. The van der Waals surface area contributed by atoms with Crippen LogP contribution in [0.3, 0.4) is 0 Å². The van der Waals surface area contributed by atoms with E-state index in [1.165, 1.54) is 24.0 Å². The zero-order valence-electron chi connectivity index (χ0n) is 10.5. The fourth-order valence-electron chi connectivity index (χ4n) is 2.84. The van der Waals surface area contributed by atoms with Crippen molar-refractivity contribution < 1.29 is 0 Å². The minimum absolute atomic E-state index is 0.502. The summed E-state index contributed by atoms with van der Waals surface area (Å²) in [5.41, 5.74) is 2.91. The van der Waals surface area contributed by atoms with Crippen LogP contribution in [-0.4, -0.2) is 11.0 Å². The Balaban J connectivity index is 2.32. The first-order chi connectivity index (χ1) is 7.76. The van der Waals surface area contributed by atoms with Gasteiger partial charge in [-0.25, -0.2) is 0 Å². The Kier molecular flexibility index (Phi) is 3.59. The fourth-order valence-corrected chi connectivity index (χ4v) is 2.84. The molecule has 0 spiro atoms. The molecule has 0 radical (unpaired) electrons. The molecule has 2 rings (SSSR count). The van der Waals surface area contributed by atoms with Crippen molar-refractivity contribution in [3.63, 3.8) is 0 Å². The van der Waals surface area contributed by atoms with Crippen molar-refractivity contribution in [3.05, 3.63) is 29.6 Å². The van der Waals surface area contributed by atoms with Crippen LogP contribution in [-0.2, 0) is 6.42 Å². The molecule has 16 heavy (non-hydrogen) atoms. The molecule has 1 aliphatic heterocycles. The third-order valence-corrected chi connectivity index (χ3v) is 3.79. The van der Waals surface area contributed by atoms with Crippen molar-refractivity contribution in [3.8, 4) is 0 Å². The van der Waals surface area contributed by atoms with E-state index in [9.17, 15) is 0 Å². The monoisotopic (exact) mass is 218 g/mol. The number of rotatable bonds is 3. The van der Waals surface area contributed by atoms with Crippen LogP contribution in [0.15, 0.2) is 18.5 Å². The van der Waals surface area contributed by atoms with Crippen LogP contribution in [0.25, 0.3) is 0 Å². The molecular formula is C14H22N2. The first kappa shape index (κ1) is 11.6. The molecule has 0 bridgehead atoms. The summed E-state index contributed by atoms with van der Waals surface area (Å²) in [6.07, 6.45) is 7.57. The van der Waals surface area contributed by atoms with Crippen LogP contribution < -0.4 is 5.32 Å². The standard InChI is InChI=1S/C14H22N2/c1-4-11(5-2)14-13-9-15-7-6-12(13)8-10(3)16-14/h6-7,9-11,14,16H,4-5,8H2,1-3H3. The number of aromatic nitrogens is 1. The molecule has 1 N–H and O–H groups in total. The maximum absolute atomic E-state index is 4.28. The van der Waals surface area contributed by atoms with Crippen LogP contribution in [0.4, 0.5) is 0 Å². The Morgan fingerprint density at radius 2 is 2.19 bits per heavy atom. The van der Waals surface area contributed by atoms with E-state index in [0.717, 1.165) is 12.3 Å². The maximum Gasteiger partial charge on any atom is 0.0368 e. The van der Waals surface area contributed by atoms with Gasteiger partial charge in [0.1, 0.15) is 0 Å². The second kappa shape index (κ2) is 4.96. The highest BCUT2D eigenvalue weighted by atomic mass is 15.0. The first-order valence-electron chi connectivity index (χ1n) is 6.45. The SMILES string of the molecule is CCC(CC)C1NC(C)Cc2ccncc21. The van der Waals surface area contributed by atoms with E-state index >= 15 is 0 Å². The van der Waals surface area contributed by atoms with Gasteiger partial charge in [-0.1, -0.05) is 26.7 Å². The van der Waals surface area contributed by atoms with Gasteiger partial charge >= 0.3 is 0 Å². The lowest BCUT2D eigenvalue weighted by atomic mass is 9.83. The van der Waals surface area contributed by atoms with E-state index in [2.05, 4.69) is 43.3 Å². The summed E-state index contributed by atoms with van der Waals surface area (Å²) in [6, 6.07) is 3.27. The molecule has 2 nitrogen and oxygen atoms in total. The number of hydrogen-bond acceptors (Lipinski definition) is 2. The molecule has 0 aliphatic carbocycles. The maximum atomic E-state index is 4.28. The lowest BCUT2D eigenvalue weighted by molar-refractivity contribution is 0.296. The van der Waals surface area contributed by atoms with Gasteiger partial charge in [-0.05, 0) is 36.5 Å². The van der Waals surface area contributed by atoms with Gasteiger partial charge in [0.25, 0.3) is 0 Å². The summed E-state index contributed by atoms with van der Waals surface area (Å²) in [5, 5.41) is 3.73. The summed E-state index contributed by atoms with van der Waals surface area (Å²) >= 11 is 0. The van der Waals surface area contributed by atoms with Gasteiger partial charge in [-0.2, -0.15) is 0 Å². The van der Waals surface area contributed by atoms with E-state index in [1.54, 1.807) is 0 Å². The third kappa shape index (κ3) is 2.12. The summed E-state index contributed by atoms with van der Waals surface area (Å²) in [5.74, 6) is 0.727. The zero-order chi connectivity index (χ0) is 11.5. The molecule has 2 heterocycles. The predicted octanol–water partition coefficient (Wildman–Crippen LogP) is 3.09. The number of fused-ring (bicyclic) bond motifs is 1. The van der Waals surface area contributed by atoms with E-state index in [4.69, 9.17) is 0 Å². The normalized spacial score (nSPS) is 24.5. The Labute approximate surface area is 98.5 Å². The minimum atomic E-state index is 0.502. The second-order valence-corrected chi connectivity index (χ2v) is 4.90. The van der Waals surface area contributed by atoms with Crippen molar-refractivity contribution in [2.24, 2.45) is 5.92 Å². The van der Waals surface area contributed by atoms with Gasteiger partial charge < -0.3 is 5.32 Å². The molecule has 1 aromatic heterocycles. The lowest BCUT2D eigenvalue weighted by Crippen LogP contribution is -2.40. The molecule has 88 valence electrons. The van der Waals surface area contributed by atoms with Crippen molar-refractivity contribution in [1.82, 2.24) is 10.3 Å². The fraction of sp³-hybridized carbons (Fsp3) is 0.643. The van der Waals surface area contributed by atoms with Crippen molar-refractivity contribution in [2.75, 3.05) is 0 Å². The summed E-state index contributed by atoms with van der Waals surface area (Å²) < 4.78 is 0. The van der Waals surface area contributed by atoms with Crippen LogP contribution in [0.2, 0.25) is 0 Å². The van der Waals surface area contributed by atoms with Gasteiger partial charge in [-0.15, -0.1) is 0 Å². The van der Waals surface area contributed by atoms with Crippen molar-refractivity contribution in [2.45, 2.75) is 52.1 Å². The van der Waals surface area contributed by atoms with Crippen LogP contribution in [0.5, 0.6) is 0 Å². The van der Waals surface area contributed by atoms with Gasteiger partial charge in [0, 0.05) is 24.5 Å². The average Bonchev–Trinajstić information content (AvgIpc) is 2.30. The van der Waals surface area contributed by atoms with Crippen molar-refractivity contribution in [1.29, 1.82) is 0 Å². The zero-order valence-corrected chi connectivity index (χ0v) is 10.5. The topological polar surface area (TPSA) is 24.9 Å². The van der Waals surface area contributed by atoms with Gasteiger partial charge in [0.2, 0.25) is 0 Å². The molecule has 2 unspecified atom stereocenters. The van der Waals surface area contributed by atoms with Crippen LogP contribution in [0, 0.1) is 5.92 Å². The number of pyridine rings is 1. The summed E-state index contributed by atoms with van der Waals surface area (Å²) in [7, 11) is 0. The molecule has 0 saturated heterocycles. The molecule has 1 aromatic rings. The third-order valence-electron chi connectivity index (χ3n) is 3.79. The Hall–Kier alpha value is -0.890. The van der Waals surface area contributed by atoms with Gasteiger partial charge in [-0.3, -0.25) is 4.98 Å². The highest BCUT2D eigenvalue weighted by Gasteiger charge is 2.28. The molecule has 2 heteroatoms. The minimum Gasteiger partial charge on any atom is -0.307 e. The first-order valence-corrected chi connectivity index (χ1v) is 6.45. The Morgan fingerprint density at radius 3 is 2.88 bits per heavy atom. The highest BCUT2D eigenvalue weighted by Crippen LogP contribution is 2.33. The molecule has 0 aromatic carbocycles. The molecule has 0 fully saturated rings. The molecule has 2 atom stereocenters. The number of hydrogen-bond donors (Lipinski definition) is 1. The van der Waals surface area contributed by atoms with E-state index in [1.807, 2.05) is 6.20 Å². The molecule has 0 amide bonds. The quantitative estimate of drug-likeness (QED) is 0.843.